The molecule has 0 amide bonds. The third-order valence-corrected chi connectivity index (χ3v) is 5.53. The topological polar surface area (TPSA) is 77.9 Å². The van der Waals surface area contributed by atoms with Crippen molar-refractivity contribution in [1.82, 2.24) is 9.80 Å². The number of carbonyl (C=O) groups is 1. The summed E-state index contributed by atoms with van der Waals surface area (Å²) in [6.45, 7) is 1.41. The van der Waals surface area contributed by atoms with Gasteiger partial charge in [-0.1, -0.05) is 6.42 Å². The van der Waals surface area contributed by atoms with Crippen molar-refractivity contribution in [1.29, 1.82) is 0 Å². The van der Waals surface area contributed by atoms with Gasteiger partial charge in [0.05, 0.1) is 11.8 Å². The fourth-order valence-electron chi connectivity index (χ4n) is 2.73. The van der Waals surface area contributed by atoms with E-state index in [4.69, 9.17) is 5.11 Å². The molecule has 1 aliphatic rings. The molecule has 2 atom stereocenters. The molecule has 0 bridgehead atoms. The number of hydrogen-bond donors (Lipinski definition) is 1. The lowest BCUT2D eigenvalue weighted by atomic mass is 9.93. The minimum atomic E-state index is -3.04. The molecule has 0 aromatic heterocycles. The maximum atomic E-state index is 11.7. The largest absolute Gasteiger partial charge is 0.480 e. The molecule has 0 saturated heterocycles. The third kappa shape index (κ3) is 5.76. The van der Waals surface area contributed by atoms with E-state index in [2.05, 4.69) is 0 Å². The van der Waals surface area contributed by atoms with Crippen molar-refractivity contribution in [2.24, 2.45) is 0 Å². The van der Waals surface area contributed by atoms with E-state index in [1.807, 2.05) is 23.9 Å². The van der Waals surface area contributed by atoms with Crippen molar-refractivity contribution < 1.29 is 18.3 Å². The van der Waals surface area contributed by atoms with Gasteiger partial charge in [-0.15, -0.1) is 0 Å². The number of carboxylic acid groups (broad SMARTS) is 1. The Hall–Kier alpha value is -0.660. The zero-order chi connectivity index (χ0) is 15.3. The summed E-state index contributed by atoms with van der Waals surface area (Å²) in [6, 6.07) is 0.0551. The highest BCUT2D eigenvalue weighted by molar-refractivity contribution is 7.91. The lowest BCUT2D eigenvalue weighted by molar-refractivity contribution is -0.139. The molecular formula is C13H26N2O4S. The highest BCUT2D eigenvalue weighted by Crippen LogP contribution is 2.27. The second-order valence-electron chi connectivity index (χ2n) is 5.94. The zero-order valence-corrected chi connectivity index (χ0v) is 13.4. The van der Waals surface area contributed by atoms with Gasteiger partial charge in [-0.05, 0) is 33.4 Å². The molecule has 1 saturated carbocycles. The van der Waals surface area contributed by atoms with Gasteiger partial charge >= 0.3 is 5.97 Å². The van der Waals surface area contributed by atoms with Crippen LogP contribution in [0, 0.1) is 0 Å². The standard InChI is InChI=1S/C13H26N2O4S/c1-14(2)7-8-15(10-13(16)17)11-5-4-6-12(9-11)20(3,18)19/h11-12H,4-10H2,1-3H3,(H,16,17). The molecule has 0 aromatic carbocycles. The number of likely N-dealkylation sites (N-methyl/N-ethyl adjacent to an activating group) is 1. The van der Waals surface area contributed by atoms with Gasteiger partial charge < -0.3 is 10.0 Å². The number of carboxylic acids is 1. The summed E-state index contributed by atoms with van der Waals surface area (Å²) in [6.07, 6.45) is 4.26. The van der Waals surface area contributed by atoms with Gasteiger partial charge in [0, 0.05) is 25.4 Å². The molecule has 20 heavy (non-hydrogen) atoms. The first-order valence-electron chi connectivity index (χ1n) is 6.99. The Morgan fingerprint density at radius 2 is 1.90 bits per heavy atom. The molecule has 2 unspecified atom stereocenters. The molecule has 1 fully saturated rings. The summed E-state index contributed by atoms with van der Waals surface area (Å²) in [4.78, 5) is 14.9. The van der Waals surface area contributed by atoms with Crippen molar-refractivity contribution in [3.8, 4) is 0 Å². The van der Waals surface area contributed by atoms with Gasteiger partial charge in [0.2, 0.25) is 0 Å². The molecular weight excluding hydrogens is 280 g/mol. The molecule has 6 nitrogen and oxygen atoms in total. The molecule has 0 heterocycles. The van der Waals surface area contributed by atoms with E-state index < -0.39 is 15.8 Å². The number of aliphatic carboxylic acids is 1. The van der Waals surface area contributed by atoms with Crippen LogP contribution in [-0.4, -0.2) is 80.6 Å². The quantitative estimate of drug-likeness (QED) is 0.728. The first-order valence-corrected chi connectivity index (χ1v) is 8.95. The summed E-state index contributed by atoms with van der Waals surface area (Å²) in [5, 5.41) is 8.71. The Morgan fingerprint density at radius 3 is 2.40 bits per heavy atom. The molecule has 7 heteroatoms. The van der Waals surface area contributed by atoms with Gasteiger partial charge in [-0.2, -0.15) is 0 Å². The van der Waals surface area contributed by atoms with Crippen LogP contribution in [0.4, 0.5) is 0 Å². The van der Waals surface area contributed by atoms with Crippen molar-refractivity contribution in [2.45, 2.75) is 37.0 Å². The molecule has 1 N–H and O–H groups in total. The molecule has 118 valence electrons. The minimum Gasteiger partial charge on any atom is -0.480 e. The van der Waals surface area contributed by atoms with E-state index in [1.165, 1.54) is 6.26 Å². The predicted octanol–water partition coefficient (Wildman–Crippen LogP) is 0.290. The Morgan fingerprint density at radius 1 is 1.25 bits per heavy atom. The van der Waals surface area contributed by atoms with E-state index in [-0.39, 0.29) is 17.8 Å². The number of sulfone groups is 1. The molecule has 0 spiro atoms. The van der Waals surface area contributed by atoms with Crippen molar-refractivity contribution in [3.63, 3.8) is 0 Å². The Bertz CT molecular complexity index is 422. The second kappa shape index (κ2) is 7.38. The van der Waals surface area contributed by atoms with Gasteiger partial charge in [-0.25, -0.2) is 8.42 Å². The van der Waals surface area contributed by atoms with Crippen molar-refractivity contribution in [2.75, 3.05) is 40.0 Å². The highest BCUT2D eigenvalue weighted by atomic mass is 32.2. The van der Waals surface area contributed by atoms with Crippen LogP contribution in [0.25, 0.3) is 0 Å². The molecule has 1 rings (SSSR count). The zero-order valence-electron chi connectivity index (χ0n) is 12.6. The van der Waals surface area contributed by atoms with Crippen molar-refractivity contribution in [3.05, 3.63) is 0 Å². The molecule has 1 aliphatic carbocycles. The normalized spacial score (nSPS) is 24.2. The highest BCUT2D eigenvalue weighted by Gasteiger charge is 2.32. The Labute approximate surface area is 121 Å². The molecule has 0 radical (unpaired) electrons. The molecule has 0 aromatic rings. The first kappa shape index (κ1) is 17.4. The fraction of sp³-hybridized carbons (Fsp3) is 0.923. The Kier molecular flexibility index (Phi) is 6.42. The monoisotopic (exact) mass is 306 g/mol. The summed E-state index contributed by atoms with van der Waals surface area (Å²) < 4.78 is 23.4. The van der Waals surface area contributed by atoms with E-state index in [0.717, 1.165) is 19.4 Å². The predicted molar refractivity (Wildman–Crippen MR) is 78.7 cm³/mol. The second-order valence-corrected chi connectivity index (χ2v) is 8.27. The SMILES string of the molecule is CN(C)CCN(CC(=O)O)C1CCCC(S(C)(=O)=O)C1. The maximum Gasteiger partial charge on any atom is 0.317 e. The van der Waals surface area contributed by atoms with Gasteiger partial charge in [0.15, 0.2) is 0 Å². The van der Waals surface area contributed by atoms with Crippen LogP contribution >= 0.6 is 0 Å². The summed E-state index contributed by atoms with van der Waals surface area (Å²) in [7, 11) is 0.851. The lowest BCUT2D eigenvalue weighted by Gasteiger charge is -2.36. The van der Waals surface area contributed by atoms with Crippen LogP contribution in [0.5, 0.6) is 0 Å². The summed E-state index contributed by atoms with van der Waals surface area (Å²) in [5.74, 6) is -0.856. The smallest absolute Gasteiger partial charge is 0.317 e. The Balaban J connectivity index is 2.71. The average molecular weight is 306 g/mol. The van der Waals surface area contributed by atoms with E-state index >= 15 is 0 Å². The number of rotatable bonds is 7. The van der Waals surface area contributed by atoms with Crippen LogP contribution in [0.2, 0.25) is 0 Å². The van der Waals surface area contributed by atoms with Gasteiger partial charge in [0.25, 0.3) is 0 Å². The van der Waals surface area contributed by atoms with E-state index in [9.17, 15) is 13.2 Å². The van der Waals surface area contributed by atoms with Gasteiger partial charge in [0.1, 0.15) is 9.84 Å². The van der Waals surface area contributed by atoms with E-state index in [0.29, 0.717) is 19.4 Å². The fourth-order valence-corrected chi connectivity index (χ4v) is 3.90. The summed E-state index contributed by atoms with van der Waals surface area (Å²) >= 11 is 0. The van der Waals surface area contributed by atoms with Crippen LogP contribution < -0.4 is 0 Å². The van der Waals surface area contributed by atoms with Crippen LogP contribution in [0.3, 0.4) is 0 Å². The number of nitrogens with zero attached hydrogens (tertiary/aromatic N) is 2. The minimum absolute atomic E-state index is 0.0189. The van der Waals surface area contributed by atoms with Gasteiger partial charge in [-0.3, -0.25) is 9.69 Å². The van der Waals surface area contributed by atoms with Crippen molar-refractivity contribution >= 4 is 15.8 Å². The van der Waals surface area contributed by atoms with Crippen LogP contribution in [0.1, 0.15) is 25.7 Å². The van der Waals surface area contributed by atoms with E-state index in [1.54, 1.807) is 0 Å². The maximum absolute atomic E-state index is 11.7. The first-order chi connectivity index (χ1) is 9.20. The number of hydrogen-bond acceptors (Lipinski definition) is 5. The average Bonchev–Trinajstić information content (AvgIpc) is 2.33. The van der Waals surface area contributed by atoms with Crippen LogP contribution in [0.15, 0.2) is 0 Å². The summed E-state index contributed by atoms with van der Waals surface area (Å²) in [5.41, 5.74) is 0. The lowest BCUT2D eigenvalue weighted by Crippen LogP contribution is -2.46. The van der Waals surface area contributed by atoms with Crippen LogP contribution in [-0.2, 0) is 14.6 Å². The molecule has 0 aliphatic heterocycles. The third-order valence-electron chi connectivity index (χ3n) is 3.89.